The molecule has 0 spiro atoms. The lowest BCUT2D eigenvalue weighted by molar-refractivity contribution is 0.0981. The Hall–Kier alpha value is -1.06. The number of hydrogen-bond acceptors (Lipinski definition) is 3. The molecule has 1 saturated heterocycles. The van der Waals surface area contributed by atoms with Gasteiger partial charge in [0.1, 0.15) is 5.75 Å². The molecule has 1 heterocycles. The Morgan fingerprint density at radius 2 is 2.35 bits per heavy atom. The second-order valence-corrected chi connectivity index (χ2v) is 5.65. The highest BCUT2D eigenvalue weighted by Gasteiger charge is 2.14. The second-order valence-electron chi connectivity index (χ2n) is 5.65. The van der Waals surface area contributed by atoms with Crippen molar-refractivity contribution in [3.63, 3.8) is 0 Å². The standard InChI is InChI=1S/C17H27NO2/c1-2-15(18)12-14-6-3-7-17(13-14)20-11-5-9-16-8-4-10-19-16/h3,6-7,13,15-16H,2,4-5,8-12,18H2,1H3. The number of benzene rings is 1. The van der Waals surface area contributed by atoms with Gasteiger partial charge in [-0.15, -0.1) is 0 Å². The highest BCUT2D eigenvalue weighted by molar-refractivity contribution is 5.29. The molecule has 3 nitrogen and oxygen atoms in total. The average molecular weight is 277 g/mol. The highest BCUT2D eigenvalue weighted by Crippen LogP contribution is 2.18. The summed E-state index contributed by atoms with van der Waals surface area (Å²) in [6, 6.07) is 8.54. The van der Waals surface area contributed by atoms with Crippen LogP contribution in [0.15, 0.2) is 24.3 Å². The molecule has 112 valence electrons. The predicted molar refractivity (Wildman–Crippen MR) is 82.1 cm³/mol. The first-order chi connectivity index (χ1) is 9.78. The van der Waals surface area contributed by atoms with E-state index in [-0.39, 0.29) is 6.04 Å². The number of nitrogens with two attached hydrogens (primary N) is 1. The summed E-state index contributed by atoms with van der Waals surface area (Å²) in [6.07, 6.45) is 6.99. The third-order valence-corrected chi connectivity index (χ3v) is 3.88. The van der Waals surface area contributed by atoms with Gasteiger partial charge in [0.05, 0.1) is 12.7 Å². The average Bonchev–Trinajstić information content (AvgIpc) is 2.97. The zero-order valence-corrected chi connectivity index (χ0v) is 12.5. The summed E-state index contributed by atoms with van der Waals surface area (Å²) in [5, 5.41) is 0. The van der Waals surface area contributed by atoms with Gasteiger partial charge in [-0.05, 0) is 56.2 Å². The Kier molecular flexibility index (Phi) is 6.34. The van der Waals surface area contributed by atoms with Gasteiger partial charge in [-0.1, -0.05) is 19.1 Å². The number of rotatable bonds is 8. The minimum Gasteiger partial charge on any atom is -0.494 e. The van der Waals surface area contributed by atoms with Crippen molar-refractivity contribution in [1.29, 1.82) is 0 Å². The molecule has 0 amide bonds. The van der Waals surface area contributed by atoms with Gasteiger partial charge in [0.2, 0.25) is 0 Å². The van der Waals surface area contributed by atoms with E-state index in [1.165, 1.54) is 18.4 Å². The smallest absolute Gasteiger partial charge is 0.119 e. The van der Waals surface area contributed by atoms with Crippen LogP contribution in [0.4, 0.5) is 0 Å². The van der Waals surface area contributed by atoms with Gasteiger partial charge in [0.15, 0.2) is 0 Å². The maximum absolute atomic E-state index is 5.99. The molecule has 0 aliphatic carbocycles. The van der Waals surface area contributed by atoms with E-state index in [0.29, 0.717) is 6.10 Å². The summed E-state index contributed by atoms with van der Waals surface area (Å²) in [5.41, 5.74) is 7.25. The Bertz CT molecular complexity index is 388. The SMILES string of the molecule is CCC(N)Cc1cccc(OCCCC2CCCO2)c1. The first-order valence-electron chi connectivity index (χ1n) is 7.87. The first-order valence-corrected chi connectivity index (χ1v) is 7.87. The van der Waals surface area contributed by atoms with Crippen molar-refractivity contribution in [2.24, 2.45) is 5.73 Å². The molecule has 1 fully saturated rings. The number of ether oxygens (including phenoxy) is 2. The summed E-state index contributed by atoms with van der Waals surface area (Å²) in [5.74, 6) is 0.957. The lowest BCUT2D eigenvalue weighted by Crippen LogP contribution is -2.21. The van der Waals surface area contributed by atoms with Crippen LogP contribution in [0.1, 0.15) is 44.6 Å². The molecule has 1 aliphatic rings. The molecule has 2 N–H and O–H groups in total. The van der Waals surface area contributed by atoms with Crippen LogP contribution in [0.5, 0.6) is 5.75 Å². The summed E-state index contributed by atoms with van der Waals surface area (Å²) in [7, 11) is 0. The van der Waals surface area contributed by atoms with E-state index in [2.05, 4.69) is 19.1 Å². The van der Waals surface area contributed by atoms with Gasteiger partial charge >= 0.3 is 0 Å². The zero-order chi connectivity index (χ0) is 14.2. The van der Waals surface area contributed by atoms with Crippen molar-refractivity contribution in [2.75, 3.05) is 13.2 Å². The van der Waals surface area contributed by atoms with Crippen molar-refractivity contribution in [3.8, 4) is 5.75 Å². The largest absolute Gasteiger partial charge is 0.494 e. The molecule has 1 aromatic rings. The highest BCUT2D eigenvalue weighted by atomic mass is 16.5. The summed E-state index contributed by atoms with van der Waals surface area (Å²) in [6.45, 7) is 3.82. The third-order valence-electron chi connectivity index (χ3n) is 3.88. The normalized spacial score (nSPS) is 20.0. The van der Waals surface area contributed by atoms with Crippen molar-refractivity contribution in [3.05, 3.63) is 29.8 Å². The molecule has 1 aliphatic heterocycles. The monoisotopic (exact) mass is 277 g/mol. The fraction of sp³-hybridized carbons (Fsp3) is 0.647. The molecular weight excluding hydrogens is 250 g/mol. The van der Waals surface area contributed by atoms with Gasteiger partial charge in [-0.2, -0.15) is 0 Å². The molecule has 2 rings (SSSR count). The Morgan fingerprint density at radius 1 is 1.45 bits per heavy atom. The molecular formula is C17H27NO2. The summed E-state index contributed by atoms with van der Waals surface area (Å²) in [4.78, 5) is 0. The van der Waals surface area contributed by atoms with E-state index >= 15 is 0 Å². The quantitative estimate of drug-likeness (QED) is 0.741. The molecule has 0 aromatic heterocycles. The van der Waals surface area contributed by atoms with E-state index in [1.54, 1.807) is 0 Å². The van der Waals surface area contributed by atoms with E-state index in [9.17, 15) is 0 Å². The molecule has 3 heteroatoms. The van der Waals surface area contributed by atoms with Gasteiger partial charge in [-0.3, -0.25) is 0 Å². The van der Waals surface area contributed by atoms with Crippen LogP contribution in [0, 0.1) is 0 Å². The zero-order valence-electron chi connectivity index (χ0n) is 12.5. The number of hydrogen-bond donors (Lipinski definition) is 1. The van der Waals surface area contributed by atoms with Gasteiger partial charge in [0.25, 0.3) is 0 Å². The van der Waals surface area contributed by atoms with Gasteiger partial charge < -0.3 is 15.2 Å². The van der Waals surface area contributed by atoms with Crippen LogP contribution >= 0.6 is 0 Å². The van der Waals surface area contributed by atoms with Crippen molar-refractivity contribution in [2.45, 2.75) is 57.6 Å². The summed E-state index contributed by atoms with van der Waals surface area (Å²) < 4.78 is 11.4. The minimum atomic E-state index is 0.241. The van der Waals surface area contributed by atoms with Crippen molar-refractivity contribution < 1.29 is 9.47 Å². The van der Waals surface area contributed by atoms with E-state index < -0.39 is 0 Å². The maximum Gasteiger partial charge on any atom is 0.119 e. The van der Waals surface area contributed by atoms with Crippen molar-refractivity contribution in [1.82, 2.24) is 0 Å². The Balaban J connectivity index is 1.70. The summed E-state index contributed by atoms with van der Waals surface area (Å²) >= 11 is 0. The van der Waals surface area contributed by atoms with Crippen LogP contribution in [-0.4, -0.2) is 25.4 Å². The van der Waals surface area contributed by atoms with Crippen LogP contribution in [0.3, 0.4) is 0 Å². The van der Waals surface area contributed by atoms with Gasteiger partial charge in [0, 0.05) is 12.6 Å². The first kappa shape index (κ1) is 15.3. The molecule has 20 heavy (non-hydrogen) atoms. The molecule has 1 aromatic carbocycles. The topological polar surface area (TPSA) is 44.5 Å². The minimum absolute atomic E-state index is 0.241. The van der Waals surface area contributed by atoms with Crippen LogP contribution in [0.2, 0.25) is 0 Å². The van der Waals surface area contributed by atoms with E-state index in [1.807, 2.05) is 12.1 Å². The Labute approximate surface area is 122 Å². The predicted octanol–water partition coefficient (Wildman–Crippen LogP) is 3.30. The van der Waals surface area contributed by atoms with Crippen LogP contribution in [0.25, 0.3) is 0 Å². The Morgan fingerprint density at radius 3 is 3.10 bits per heavy atom. The third kappa shape index (κ3) is 5.14. The van der Waals surface area contributed by atoms with Crippen molar-refractivity contribution >= 4 is 0 Å². The lowest BCUT2D eigenvalue weighted by Gasteiger charge is -2.12. The maximum atomic E-state index is 5.99. The van der Waals surface area contributed by atoms with E-state index in [4.69, 9.17) is 15.2 Å². The van der Waals surface area contributed by atoms with Gasteiger partial charge in [-0.25, -0.2) is 0 Å². The fourth-order valence-corrected chi connectivity index (χ4v) is 2.58. The molecule has 0 saturated carbocycles. The molecule has 0 bridgehead atoms. The second kappa shape index (κ2) is 8.28. The molecule has 2 atom stereocenters. The molecule has 2 unspecified atom stereocenters. The lowest BCUT2D eigenvalue weighted by atomic mass is 10.0. The fourth-order valence-electron chi connectivity index (χ4n) is 2.58. The van der Waals surface area contributed by atoms with Crippen LogP contribution in [-0.2, 0) is 11.2 Å². The van der Waals surface area contributed by atoms with Crippen LogP contribution < -0.4 is 10.5 Å². The van der Waals surface area contributed by atoms with E-state index in [0.717, 1.165) is 44.6 Å². The molecule has 0 radical (unpaired) electrons.